The van der Waals surface area contributed by atoms with Gasteiger partial charge in [0.15, 0.2) is 5.78 Å². The van der Waals surface area contributed by atoms with Gasteiger partial charge >= 0.3 is 0 Å². The SMILES string of the molecule is O=C1CCc2cc(-c3oc(C(N4CCCCC4)N4CCCC4)cc3-c3ccncc3)ccc21. The van der Waals surface area contributed by atoms with Crippen molar-refractivity contribution in [2.24, 2.45) is 0 Å². The Labute approximate surface area is 195 Å². The van der Waals surface area contributed by atoms with Crippen LogP contribution in [0.1, 0.15) is 66.4 Å². The van der Waals surface area contributed by atoms with Crippen LogP contribution in [0.2, 0.25) is 0 Å². The van der Waals surface area contributed by atoms with Crippen LogP contribution < -0.4 is 0 Å². The van der Waals surface area contributed by atoms with E-state index in [9.17, 15) is 4.79 Å². The van der Waals surface area contributed by atoms with Gasteiger partial charge in [0, 0.05) is 61.7 Å². The van der Waals surface area contributed by atoms with Gasteiger partial charge in [-0.3, -0.25) is 19.6 Å². The highest BCUT2D eigenvalue weighted by molar-refractivity contribution is 6.01. The van der Waals surface area contributed by atoms with Crippen LogP contribution in [-0.4, -0.2) is 46.7 Å². The number of aromatic nitrogens is 1. The Hall–Kier alpha value is -2.76. The molecule has 2 aliphatic heterocycles. The summed E-state index contributed by atoms with van der Waals surface area (Å²) < 4.78 is 6.78. The van der Waals surface area contributed by atoms with Crippen molar-refractivity contribution >= 4 is 5.78 Å². The van der Waals surface area contributed by atoms with Gasteiger partial charge in [-0.05, 0) is 67.5 Å². The number of piperidine rings is 1. The third-order valence-electron chi connectivity index (χ3n) is 7.51. The van der Waals surface area contributed by atoms with Crippen molar-refractivity contribution in [1.82, 2.24) is 14.8 Å². The molecule has 3 aromatic rings. The second kappa shape index (κ2) is 8.88. The summed E-state index contributed by atoms with van der Waals surface area (Å²) in [6.07, 6.45) is 11.7. The number of hydrogen-bond donors (Lipinski definition) is 0. The van der Waals surface area contributed by atoms with Crippen LogP contribution in [0.3, 0.4) is 0 Å². The summed E-state index contributed by atoms with van der Waals surface area (Å²) >= 11 is 0. The highest BCUT2D eigenvalue weighted by Gasteiger charge is 2.33. The molecule has 0 spiro atoms. The standard InChI is InChI=1S/C28H31N3O2/c32-25-9-7-21-18-22(6-8-23(21)25)27-24(20-10-12-29-13-11-20)19-26(33-27)28(31-16-4-5-17-31)30-14-2-1-3-15-30/h6,8,10-13,18-19,28H,1-5,7,9,14-17H2. The minimum Gasteiger partial charge on any atom is -0.457 e. The quantitative estimate of drug-likeness (QED) is 0.507. The van der Waals surface area contributed by atoms with E-state index in [1.54, 1.807) is 0 Å². The number of ketones is 1. The Balaban J connectivity index is 1.46. The van der Waals surface area contributed by atoms with Crippen LogP contribution in [0.5, 0.6) is 0 Å². The molecule has 33 heavy (non-hydrogen) atoms. The summed E-state index contributed by atoms with van der Waals surface area (Å²) in [6.45, 7) is 4.51. The first-order valence-corrected chi connectivity index (χ1v) is 12.5. The number of Topliss-reactive ketones (excluding diaryl/α,β-unsaturated/α-hetero) is 1. The van der Waals surface area contributed by atoms with Gasteiger partial charge in [0.2, 0.25) is 0 Å². The molecule has 0 N–H and O–H groups in total. The maximum Gasteiger partial charge on any atom is 0.163 e. The zero-order chi connectivity index (χ0) is 22.2. The van der Waals surface area contributed by atoms with E-state index in [1.165, 1.54) is 32.1 Å². The van der Waals surface area contributed by atoms with Crippen molar-refractivity contribution in [2.75, 3.05) is 26.2 Å². The van der Waals surface area contributed by atoms with Crippen molar-refractivity contribution in [2.45, 2.75) is 51.1 Å². The fourth-order valence-corrected chi connectivity index (χ4v) is 5.83. The lowest BCUT2D eigenvalue weighted by molar-refractivity contribution is 0.0285. The number of likely N-dealkylation sites (tertiary alicyclic amines) is 2. The van der Waals surface area contributed by atoms with Crippen LogP contribution in [0, 0.1) is 0 Å². The van der Waals surface area contributed by atoms with E-state index in [2.05, 4.69) is 45.1 Å². The average molecular weight is 442 g/mol. The molecule has 5 nitrogen and oxygen atoms in total. The fraction of sp³-hybridized carbons (Fsp3) is 0.429. The van der Waals surface area contributed by atoms with Gasteiger partial charge in [-0.2, -0.15) is 0 Å². The number of carbonyl (C=O) groups excluding carboxylic acids is 1. The van der Waals surface area contributed by atoms with Crippen LogP contribution >= 0.6 is 0 Å². The van der Waals surface area contributed by atoms with E-state index in [1.807, 2.05) is 18.5 Å². The molecular formula is C28H31N3O2. The minimum absolute atomic E-state index is 0.193. The summed E-state index contributed by atoms with van der Waals surface area (Å²) in [6, 6.07) is 12.6. The van der Waals surface area contributed by atoms with E-state index in [0.29, 0.717) is 6.42 Å². The van der Waals surface area contributed by atoms with Crippen LogP contribution in [0.25, 0.3) is 22.5 Å². The molecule has 6 rings (SSSR count). The van der Waals surface area contributed by atoms with Gasteiger partial charge in [0.25, 0.3) is 0 Å². The molecule has 0 bridgehead atoms. The molecule has 1 aliphatic carbocycles. The normalized spacial score (nSPS) is 20.3. The molecule has 4 heterocycles. The van der Waals surface area contributed by atoms with Crippen molar-refractivity contribution < 1.29 is 9.21 Å². The number of fused-ring (bicyclic) bond motifs is 1. The van der Waals surface area contributed by atoms with Gasteiger partial charge in [-0.1, -0.05) is 18.6 Å². The topological polar surface area (TPSA) is 49.6 Å². The maximum atomic E-state index is 12.2. The fourth-order valence-electron chi connectivity index (χ4n) is 5.83. The molecule has 2 saturated heterocycles. The van der Waals surface area contributed by atoms with Crippen LogP contribution in [0.4, 0.5) is 0 Å². The summed E-state index contributed by atoms with van der Waals surface area (Å²) in [5, 5.41) is 0. The first-order valence-electron chi connectivity index (χ1n) is 12.5. The molecule has 1 atom stereocenters. The van der Waals surface area contributed by atoms with Crippen molar-refractivity contribution in [3.05, 3.63) is 65.7 Å². The molecule has 0 saturated carbocycles. The number of aryl methyl sites for hydroxylation is 1. The molecule has 0 amide bonds. The number of carbonyl (C=O) groups is 1. The largest absolute Gasteiger partial charge is 0.457 e. The van der Waals surface area contributed by atoms with E-state index >= 15 is 0 Å². The van der Waals surface area contributed by atoms with Crippen molar-refractivity contribution in [1.29, 1.82) is 0 Å². The van der Waals surface area contributed by atoms with Gasteiger partial charge < -0.3 is 4.42 Å². The lowest BCUT2D eigenvalue weighted by Crippen LogP contribution is -2.42. The van der Waals surface area contributed by atoms with Crippen molar-refractivity contribution in [3.8, 4) is 22.5 Å². The molecule has 3 aliphatic rings. The molecule has 2 aromatic heterocycles. The van der Waals surface area contributed by atoms with Gasteiger partial charge in [-0.15, -0.1) is 0 Å². The van der Waals surface area contributed by atoms with Gasteiger partial charge in [0.05, 0.1) is 0 Å². The predicted molar refractivity (Wildman–Crippen MR) is 129 cm³/mol. The minimum atomic E-state index is 0.193. The predicted octanol–water partition coefficient (Wildman–Crippen LogP) is 5.72. The Bertz CT molecular complexity index is 1140. The molecule has 5 heteroatoms. The molecule has 2 fully saturated rings. The molecule has 1 aromatic carbocycles. The number of pyridine rings is 1. The van der Waals surface area contributed by atoms with E-state index < -0.39 is 0 Å². The van der Waals surface area contributed by atoms with Crippen LogP contribution in [-0.2, 0) is 6.42 Å². The van der Waals surface area contributed by atoms with E-state index in [0.717, 1.165) is 71.9 Å². The number of benzene rings is 1. The summed E-state index contributed by atoms with van der Waals surface area (Å²) in [5.41, 5.74) is 5.30. The second-order valence-corrected chi connectivity index (χ2v) is 9.64. The smallest absolute Gasteiger partial charge is 0.163 e. The molecule has 1 unspecified atom stereocenters. The van der Waals surface area contributed by atoms with Crippen molar-refractivity contribution in [3.63, 3.8) is 0 Å². The average Bonchev–Trinajstić information content (AvgIpc) is 3.62. The summed E-state index contributed by atoms with van der Waals surface area (Å²) in [7, 11) is 0. The molecule has 170 valence electrons. The van der Waals surface area contributed by atoms with E-state index in [-0.39, 0.29) is 11.9 Å². The van der Waals surface area contributed by atoms with Gasteiger partial charge in [-0.25, -0.2) is 0 Å². The van der Waals surface area contributed by atoms with Crippen LogP contribution in [0.15, 0.2) is 53.2 Å². The second-order valence-electron chi connectivity index (χ2n) is 9.64. The highest BCUT2D eigenvalue weighted by atomic mass is 16.3. The number of nitrogens with zero attached hydrogens (tertiary/aromatic N) is 3. The first kappa shape index (κ1) is 20.8. The highest BCUT2D eigenvalue weighted by Crippen LogP contribution is 2.41. The monoisotopic (exact) mass is 441 g/mol. The third kappa shape index (κ3) is 3.94. The zero-order valence-electron chi connectivity index (χ0n) is 19.1. The van der Waals surface area contributed by atoms with E-state index in [4.69, 9.17) is 4.42 Å². The van der Waals surface area contributed by atoms with Gasteiger partial charge in [0.1, 0.15) is 17.7 Å². The number of hydrogen-bond acceptors (Lipinski definition) is 5. The lowest BCUT2D eigenvalue weighted by atomic mass is 9.99. The Morgan fingerprint density at radius 1 is 0.758 bits per heavy atom. The Kier molecular flexibility index (Phi) is 5.60. The first-order chi connectivity index (χ1) is 16.3. The Morgan fingerprint density at radius 2 is 1.45 bits per heavy atom. The maximum absolute atomic E-state index is 12.2. The summed E-state index contributed by atoms with van der Waals surface area (Å²) in [5.74, 6) is 2.20. The Morgan fingerprint density at radius 3 is 2.18 bits per heavy atom. The number of rotatable bonds is 5. The number of furan rings is 1. The molecule has 0 radical (unpaired) electrons. The lowest BCUT2D eigenvalue weighted by Gasteiger charge is -2.38. The summed E-state index contributed by atoms with van der Waals surface area (Å²) in [4.78, 5) is 21.6. The molecular weight excluding hydrogens is 410 g/mol. The zero-order valence-corrected chi connectivity index (χ0v) is 19.1. The third-order valence-corrected chi connectivity index (χ3v) is 7.51.